The molecule has 1 unspecified atom stereocenters. The summed E-state index contributed by atoms with van der Waals surface area (Å²) in [6.07, 6.45) is 5.54. The van der Waals surface area contributed by atoms with Gasteiger partial charge in [-0.05, 0) is 66.9 Å². The molecule has 1 aromatic heterocycles. The van der Waals surface area contributed by atoms with Crippen molar-refractivity contribution in [1.29, 1.82) is 0 Å². The zero-order chi connectivity index (χ0) is 23.4. The SMILES string of the molecule is CN(C)c1ccc(C(C(=O)NC2CCCC2)N(C(=O)c2ccco2)c2ccc(Cl)cc2)cc1. The first-order chi connectivity index (χ1) is 15.9. The molecule has 1 atom stereocenters. The molecule has 33 heavy (non-hydrogen) atoms. The minimum atomic E-state index is -0.874. The van der Waals surface area contributed by atoms with Crippen molar-refractivity contribution in [2.45, 2.75) is 37.8 Å². The van der Waals surface area contributed by atoms with Crippen molar-refractivity contribution >= 4 is 34.8 Å². The van der Waals surface area contributed by atoms with E-state index < -0.39 is 11.9 Å². The third kappa shape index (κ3) is 5.22. The lowest BCUT2D eigenvalue weighted by atomic mass is 10.0. The van der Waals surface area contributed by atoms with E-state index in [-0.39, 0.29) is 17.7 Å². The summed E-state index contributed by atoms with van der Waals surface area (Å²) in [6.45, 7) is 0. The number of anilines is 2. The molecule has 0 bridgehead atoms. The van der Waals surface area contributed by atoms with Crippen molar-refractivity contribution in [3.05, 3.63) is 83.3 Å². The number of carbonyl (C=O) groups is 2. The van der Waals surface area contributed by atoms with Gasteiger partial charge in [-0.3, -0.25) is 14.5 Å². The van der Waals surface area contributed by atoms with Gasteiger partial charge < -0.3 is 14.6 Å². The van der Waals surface area contributed by atoms with Crippen LogP contribution in [0, 0.1) is 0 Å². The highest BCUT2D eigenvalue weighted by molar-refractivity contribution is 6.30. The van der Waals surface area contributed by atoms with Crippen LogP contribution in [0.3, 0.4) is 0 Å². The maximum absolute atomic E-state index is 13.7. The maximum atomic E-state index is 13.7. The molecular weight excluding hydrogens is 438 g/mol. The van der Waals surface area contributed by atoms with Gasteiger partial charge in [-0.15, -0.1) is 0 Å². The molecule has 2 amide bonds. The number of hydrogen-bond donors (Lipinski definition) is 1. The van der Waals surface area contributed by atoms with E-state index >= 15 is 0 Å². The second-order valence-corrected chi connectivity index (χ2v) is 8.94. The predicted molar refractivity (Wildman–Crippen MR) is 131 cm³/mol. The molecule has 1 aliphatic carbocycles. The molecule has 2 aromatic carbocycles. The minimum absolute atomic E-state index is 0.117. The quantitative estimate of drug-likeness (QED) is 0.504. The molecule has 1 N–H and O–H groups in total. The summed E-state index contributed by atoms with van der Waals surface area (Å²) in [4.78, 5) is 30.8. The van der Waals surface area contributed by atoms with Crippen LogP contribution in [0.4, 0.5) is 11.4 Å². The summed E-state index contributed by atoms with van der Waals surface area (Å²) in [6, 6.07) is 17.1. The van der Waals surface area contributed by atoms with E-state index in [1.54, 1.807) is 36.4 Å². The number of benzene rings is 2. The standard InChI is InChI=1S/C26H28ClN3O3/c1-29(2)21-13-9-18(10-14-21)24(25(31)28-20-6-3-4-7-20)30(22-15-11-19(27)12-16-22)26(32)23-8-5-17-33-23/h5,8-17,20,24H,3-4,6-7H2,1-2H3,(H,28,31). The molecule has 172 valence electrons. The molecule has 1 saturated carbocycles. The second kappa shape index (κ2) is 10.1. The number of halogens is 1. The number of nitrogens with one attached hydrogen (secondary N) is 1. The molecule has 4 rings (SSSR count). The summed E-state index contributed by atoms with van der Waals surface area (Å²) in [7, 11) is 3.92. The van der Waals surface area contributed by atoms with Gasteiger partial charge >= 0.3 is 0 Å². The monoisotopic (exact) mass is 465 g/mol. The van der Waals surface area contributed by atoms with Crippen LogP contribution in [-0.4, -0.2) is 32.0 Å². The summed E-state index contributed by atoms with van der Waals surface area (Å²) >= 11 is 6.11. The highest BCUT2D eigenvalue weighted by atomic mass is 35.5. The Bertz CT molecular complexity index is 1070. The fourth-order valence-corrected chi connectivity index (χ4v) is 4.35. The summed E-state index contributed by atoms with van der Waals surface area (Å²) in [5.41, 5.74) is 2.28. The first kappa shape index (κ1) is 22.9. The van der Waals surface area contributed by atoms with E-state index in [2.05, 4.69) is 5.32 Å². The van der Waals surface area contributed by atoms with E-state index in [9.17, 15) is 9.59 Å². The number of carbonyl (C=O) groups excluding carboxylic acids is 2. The largest absolute Gasteiger partial charge is 0.459 e. The van der Waals surface area contributed by atoms with Crippen LogP contribution in [0.1, 0.15) is 47.8 Å². The first-order valence-corrected chi connectivity index (χ1v) is 11.5. The average Bonchev–Trinajstić information content (AvgIpc) is 3.52. The van der Waals surface area contributed by atoms with Crippen molar-refractivity contribution in [2.24, 2.45) is 0 Å². The topological polar surface area (TPSA) is 65.8 Å². The van der Waals surface area contributed by atoms with Gasteiger partial charge in [0.25, 0.3) is 5.91 Å². The molecule has 6 nitrogen and oxygen atoms in total. The number of furan rings is 1. The van der Waals surface area contributed by atoms with Crippen LogP contribution < -0.4 is 15.1 Å². The Morgan fingerprint density at radius 1 is 0.970 bits per heavy atom. The van der Waals surface area contributed by atoms with Gasteiger partial charge in [0, 0.05) is 36.5 Å². The van der Waals surface area contributed by atoms with Gasteiger partial charge in [-0.25, -0.2) is 0 Å². The van der Waals surface area contributed by atoms with E-state index in [0.717, 1.165) is 31.4 Å². The molecule has 7 heteroatoms. The smallest absolute Gasteiger partial charge is 0.294 e. The van der Waals surface area contributed by atoms with Crippen LogP contribution >= 0.6 is 11.6 Å². The van der Waals surface area contributed by atoms with Gasteiger partial charge in [-0.1, -0.05) is 36.6 Å². The van der Waals surface area contributed by atoms with Crippen molar-refractivity contribution in [1.82, 2.24) is 5.32 Å². The molecule has 0 spiro atoms. The third-order valence-electron chi connectivity index (χ3n) is 5.99. The Hall–Kier alpha value is -3.25. The Morgan fingerprint density at radius 2 is 1.61 bits per heavy atom. The van der Waals surface area contributed by atoms with Crippen molar-refractivity contribution in [2.75, 3.05) is 23.9 Å². The first-order valence-electron chi connectivity index (χ1n) is 11.1. The fourth-order valence-electron chi connectivity index (χ4n) is 4.23. The number of amides is 2. The molecule has 1 aliphatic rings. The highest BCUT2D eigenvalue weighted by Gasteiger charge is 2.35. The van der Waals surface area contributed by atoms with Gasteiger partial charge in [-0.2, -0.15) is 0 Å². The minimum Gasteiger partial charge on any atom is -0.459 e. The molecule has 0 radical (unpaired) electrons. The van der Waals surface area contributed by atoms with Crippen molar-refractivity contribution in [3.8, 4) is 0 Å². The Balaban J connectivity index is 1.79. The van der Waals surface area contributed by atoms with Gasteiger partial charge in [0.1, 0.15) is 6.04 Å². The average molecular weight is 466 g/mol. The van der Waals surface area contributed by atoms with Crippen molar-refractivity contribution in [3.63, 3.8) is 0 Å². The van der Waals surface area contributed by atoms with Crippen LogP contribution in [-0.2, 0) is 4.79 Å². The summed E-state index contributed by atoms with van der Waals surface area (Å²) in [5, 5.41) is 3.72. The normalized spacial score (nSPS) is 14.6. The fraction of sp³-hybridized carbons (Fsp3) is 0.308. The molecule has 0 aliphatic heterocycles. The molecular formula is C26H28ClN3O3. The molecule has 1 fully saturated rings. The maximum Gasteiger partial charge on any atom is 0.294 e. The van der Waals surface area contributed by atoms with Gasteiger partial charge in [0.2, 0.25) is 5.91 Å². The molecule has 0 saturated heterocycles. The second-order valence-electron chi connectivity index (χ2n) is 8.51. The van der Waals surface area contributed by atoms with Crippen LogP contribution in [0.5, 0.6) is 0 Å². The Morgan fingerprint density at radius 3 is 2.18 bits per heavy atom. The Kier molecular flexibility index (Phi) is 7.04. The summed E-state index contributed by atoms with van der Waals surface area (Å²) in [5.74, 6) is -0.450. The lowest BCUT2D eigenvalue weighted by Gasteiger charge is -2.32. The predicted octanol–water partition coefficient (Wildman–Crippen LogP) is 5.45. The third-order valence-corrected chi connectivity index (χ3v) is 6.24. The zero-order valence-corrected chi connectivity index (χ0v) is 19.6. The lowest BCUT2D eigenvalue weighted by molar-refractivity contribution is -0.123. The van der Waals surface area contributed by atoms with Gasteiger partial charge in [0.05, 0.1) is 6.26 Å². The van der Waals surface area contributed by atoms with E-state index in [1.165, 1.54) is 11.2 Å². The van der Waals surface area contributed by atoms with Crippen LogP contribution in [0.15, 0.2) is 71.3 Å². The van der Waals surface area contributed by atoms with E-state index in [4.69, 9.17) is 16.0 Å². The number of hydrogen-bond acceptors (Lipinski definition) is 4. The Labute approximate surface area is 199 Å². The van der Waals surface area contributed by atoms with E-state index in [1.807, 2.05) is 43.3 Å². The van der Waals surface area contributed by atoms with Crippen LogP contribution in [0.25, 0.3) is 0 Å². The zero-order valence-electron chi connectivity index (χ0n) is 18.8. The van der Waals surface area contributed by atoms with E-state index in [0.29, 0.717) is 16.3 Å². The number of rotatable bonds is 7. The van der Waals surface area contributed by atoms with Crippen molar-refractivity contribution < 1.29 is 14.0 Å². The molecule has 1 heterocycles. The summed E-state index contributed by atoms with van der Waals surface area (Å²) < 4.78 is 5.42. The molecule has 3 aromatic rings. The van der Waals surface area contributed by atoms with Crippen LogP contribution in [0.2, 0.25) is 5.02 Å². The number of nitrogens with zero attached hydrogens (tertiary/aromatic N) is 2. The van der Waals surface area contributed by atoms with Gasteiger partial charge in [0.15, 0.2) is 5.76 Å². The lowest BCUT2D eigenvalue weighted by Crippen LogP contribution is -2.46. The highest BCUT2D eigenvalue weighted by Crippen LogP contribution is 2.32.